The Kier molecular flexibility index (Phi) is 2.74. The van der Waals surface area contributed by atoms with Gasteiger partial charge in [0.25, 0.3) is 11.8 Å². The van der Waals surface area contributed by atoms with Gasteiger partial charge in [-0.3, -0.25) is 14.5 Å². The second-order valence-electron chi connectivity index (χ2n) is 4.01. The number of aliphatic carboxylic acids is 1. The van der Waals surface area contributed by atoms with Gasteiger partial charge in [0.05, 0.1) is 23.1 Å². The zero-order valence-electron chi connectivity index (χ0n) is 9.67. The SMILES string of the molecule is C=C(C(=O)[O-])C(C)N1C(=O)c2ccccc2C1=O. The molecular weight excluding hydrogens is 234 g/mol. The molecule has 1 aliphatic heterocycles. The van der Waals surface area contributed by atoms with Crippen LogP contribution in [0.15, 0.2) is 36.4 Å². The fraction of sp³-hybridized carbons (Fsp3) is 0.154. The molecule has 5 heteroatoms. The van der Waals surface area contributed by atoms with Gasteiger partial charge in [-0.25, -0.2) is 0 Å². The van der Waals surface area contributed by atoms with E-state index in [1.54, 1.807) is 12.1 Å². The highest BCUT2D eigenvalue weighted by Gasteiger charge is 2.38. The van der Waals surface area contributed by atoms with E-state index in [0.29, 0.717) is 0 Å². The number of imide groups is 1. The summed E-state index contributed by atoms with van der Waals surface area (Å²) in [5.74, 6) is -2.49. The Morgan fingerprint density at radius 2 is 1.67 bits per heavy atom. The second kappa shape index (κ2) is 4.10. The molecule has 0 N–H and O–H groups in total. The number of rotatable bonds is 3. The lowest BCUT2D eigenvalue weighted by molar-refractivity contribution is -0.299. The van der Waals surface area contributed by atoms with Crippen molar-refractivity contribution in [3.63, 3.8) is 0 Å². The molecule has 0 bridgehead atoms. The van der Waals surface area contributed by atoms with E-state index in [-0.39, 0.29) is 16.7 Å². The van der Waals surface area contributed by atoms with Gasteiger partial charge in [-0.15, -0.1) is 0 Å². The van der Waals surface area contributed by atoms with Crippen LogP contribution < -0.4 is 5.11 Å². The van der Waals surface area contributed by atoms with Gasteiger partial charge in [-0.05, 0) is 24.6 Å². The molecule has 1 aliphatic rings. The van der Waals surface area contributed by atoms with E-state index in [9.17, 15) is 19.5 Å². The highest BCUT2D eigenvalue weighted by atomic mass is 16.4. The molecule has 0 aliphatic carbocycles. The average Bonchev–Trinajstić information content (AvgIpc) is 2.61. The molecule has 2 amide bonds. The summed E-state index contributed by atoms with van der Waals surface area (Å²) in [5, 5.41) is 10.7. The Morgan fingerprint density at radius 3 is 2.06 bits per heavy atom. The quantitative estimate of drug-likeness (QED) is 0.553. The van der Waals surface area contributed by atoms with E-state index in [4.69, 9.17) is 0 Å². The van der Waals surface area contributed by atoms with Gasteiger partial charge in [0.1, 0.15) is 0 Å². The Hall–Kier alpha value is -2.43. The molecule has 2 rings (SSSR count). The van der Waals surface area contributed by atoms with E-state index in [2.05, 4.69) is 6.58 Å². The number of carboxylic acids is 1. The van der Waals surface area contributed by atoms with Crippen molar-refractivity contribution in [1.82, 2.24) is 4.90 Å². The smallest absolute Gasteiger partial charge is 0.262 e. The summed E-state index contributed by atoms with van der Waals surface area (Å²) in [4.78, 5) is 35.7. The molecule has 1 unspecified atom stereocenters. The zero-order chi connectivity index (χ0) is 13.4. The summed E-state index contributed by atoms with van der Waals surface area (Å²) in [5.41, 5.74) is 0.255. The van der Waals surface area contributed by atoms with Gasteiger partial charge in [0.2, 0.25) is 0 Å². The fourth-order valence-electron chi connectivity index (χ4n) is 1.89. The molecule has 1 aromatic carbocycles. The van der Waals surface area contributed by atoms with Crippen LogP contribution in [0.25, 0.3) is 0 Å². The van der Waals surface area contributed by atoms with Crippen molar-refractivity contribution >= 4 is 17.8 Å². The minimum absolute atomic E-state index is 0.278. The summed E-state index contributed by atoms with van der Waals surface area (Å²) in [6, 6.07) is 5.42. The van der Waals surface area contributed by atoms with Crippen LogP contribution >= 0.6 is 0 Å². The summed E-state index contributed by atoms with van der Waals surface area (Å²) < 4.78 is 0. The Bertz CT molecular complexity index is 541. The minimum Gasteiger partial charge on any atom is -0.545 e. The number of carbonyl (C=O) groups is 3. The lowest BCUT2D eigenvalue weighted by Gasteiger charge is -2.24. The maximum absolute atomic E-state index is 12.0. The third kappa shape index (κ3) is 1.60. The van der Waals surface area contributed by atoms with Crippen molar-refractivity contribution in [2.24, 2.45) is 0 Å². The Morgan fingerprint density at radius 1 is 1.22 bits per heavy atom. The van der Waals surface area contributed by atoms with Crippen molar-refractivity contribution < 1.29 is 19.5 Å². The lowest BCUT2D eigenvalue weighted by atomic mass is 10.1. The second-order valence-corrected chi connectivity index (χ2v) is 4.01. The number of nitrogens with zero attached hydrogens (tertiary/aromatic N) is 1. The van der Waals surface area contributed by atoms with E-state index >= 15 is 0 Å². The number of amides is 2. The summed E-state index contributed by atoms with van der Waals surface area (Å²) in [6.45, 7) is 4.75. The van der Waals surface area contributed by atoms with Crippen LogP contribution in [0.5, 0.6) is 0 Å². The van der Waals surface area contributed by atoms with Gasteiger partial charge in [-0.2, -0.15) is 0 Å². The molecule has 92 valence electrons. The number of fused-ring (bicyclic) bond motifs is 1. The van der Waals surface area contributed by atoms with Crippen molar-refractivity contribution in [1.29, 1.82) is 0 Å². The maximum Gasteiger partial charge on any atom is 0.262 e. The number of hydrogen-bond acceptors (Lipinski definition) is 4. The number of hydrogen-bond donors (Lipinski definition) is 0. The molecule has 0 aromatic heterocycles. The molecule has 5 nitrogen and oxygen atoms in total. The van der Waals surface area contributed by atoms with E-state index in [0.717, 1.165) is 4.90 Å². The van der Waals surface area contributed by atoms with Crippen LogP contribution in [0.3, 0.4) is 0 Å². The number of carboxylic acid groups (broad SMARTS) is 1. The number of benzene rings is 1. The molecule has 18 heavy (non-hydrogen) atoms. The van der Waals surface area contributed by atoms with Crippen LogP contribution in [0.4, 0.5) is 0 Å². The summed E-state index contributed by atoms with van der Waals surface area (Å²) >= 11 is 0. The van der Waals surface area contributed by atoms with E-state index in [1.165, 1.54) is 19.1 Å². The number of carbonyl (C=O) groups excluding carboxylic acids is 3. The molecular formula is C13H10NO4-. The van der Waals surface area contributed by atoms with Gasteiger partial charge < -0.3 is 9.90 Å². The predicted octanol–water partition coefficient (Wildman–Crippen LogP) is -0.0228. The summed E-state index contributed by atoms with van der Waals surface area (Å²) in [7, 11) is 0. The van der Waals surface area contributed by atoms with Crippen molar-refractivity contribution in [2.75, 3.05) is 0 Å². The molecule has 0 spiro atoms. The van der Waals surface area contributed by atoms with Crippen LogP contribution in [-0.4, -0.2) is 28.7 Å². The van der Waals surface area contributed by atoms with Crippen LogP contribution in [0, 0.1) is 0 Å². The van der Waals surface area contributed by atoms with Crippen LogP contribution in [-0.2, 0) is 4.79 Å². The van der Waals surface area contributed by atoms with Gasteiger partial charge in [0, 0.05) is 0 Å². The van der Waals surface area contributed by atoms with Crippen LogP contribution in [0.1, 0.15) is 27.6 Å². The van der Waals surface area contributed by atoms with Crippen molar-refractivity contribution in [3.8, 4) is 0 Å². The monoisotopic (exact) mass is 244 g/mol. The molecule has 0 fully saturated rings. The molecule has 1 heterocycles. The molecule has 1 aromatic rings. The third-order valence-electron chi connectivity index (χ3n) is 2.98. The molecule has 1 atom stereocenters. The predicted molar refractivity (Wildman–Crippen MR) is 60.6 cm³/mol. The first-order valence-electron chi connectivity index (χ1n) is 5.32. The first kappa shape index (κ1) is 12.0. The topological polar surface area (TPSA) is 77.5 Å². The highest BCUT2D eigenvalue weighted by molar-refractivity contribution is 6.22. The van der Waals surface area contributed by atoms with Gasteiger partial charge >= 0.3 is 0 Å². The first-order valence-corrected chi connectivity index (χ1v) is 5.32. The first-order chi connectivity index (χ1) is 8.45. The zero-order valence-corrected chi connectivity index (χ0v) is 9.67. The van der Waals surface area contributed by atoms with Crippen molar-refractivity contribution in [2.45, 2.75) is 13.0 Å². The van der Waals surface area contributed by atoms with Gasteiger partial charge in [0.15, 0.2) is 0 Å². The lowest BCUT2D eigenvalue weighted by Crippen LogP contribution is -2.43. The fourth-order valence-corrected chi connectivity index (χ4v) is 1.89. The normalized spacial score (nSPS) is 15.5. The maximum atomic E-state index is 12.0. The van der Waals surface area contributed by atoms with Crippen LogP contribution in [0.2, 0.25) is 0 Å². The van der Waals surface area contributed by atoms with E-state index < -0.39 is 23.8 Å². The standard InChI is InChI=1S/C13H11NO4/c1-7(13(17)18)8(2)14-11(15)9-5-3-4-6-10(9)12(14)16/h3-6,8H,1H2,2H3,(H,17,18)/p-1. The largest absolute Gasteiger partial charge is 0.545 e. The Balaban J connectivity index is 2.40. The van der Waals surface area contributed by atoms with E-state index in [1.807, 2.05) is 0 Å². The summed E-state index contributed by atoms with van der Waals surface area (Å²) in [6.07, 6.45) is 0. The van der Waals surface area contributed by atoms with Crippen molar-refractivity contribution in [3.05, 3.63) is 47.5 Å². The highest BCUT2D eigenvalue weighted by Crippen LogP contribution is 2.26. The molecule has 0 saturated carbocycles. The Labute approximate surface area is 103 Å². The molecule has 0 saturated heterocycles. The third-order valence-corrected chi connectivity index (χ3v) is 2.98. The molecule has 0 radical (unpaired) electrons. The van der Waals surface area contributed by atoms with Gasteiger partial charge in [-0.1, -0.05) is 18.7 Å². The average molecular weight is 244 g/mol. The minimum atomic E-state index is -1.47.